The number of hydrogen-bond acceptors (Lipinski definition) is 5. The first-order chi connectivity index (χ1) is 16.2. The summed E-state index contributed by atoms with van der Waals surface area (Å²) < 4.78 is 25.9. The summed E-state index contributed by atoms with van der Waals surface area (Å²) in [5, 5.41) is 5.42. The quantitative estimate of drug-likeness (QED) is 0.635. The molecule has 7 nitrogen and oxygen atoms in total. The molecule has 1 aliphatic carbocycles. The van der Waals surface area contributed by atoms with Gasteiger partial charge >= 0.3 is 0 Å². The molecule has 1 aromatic heterocycles. The third-order valence-electron chi connectivity index (χ3n) is 7.99. The Morgan fingerprint density at radius 1 is 1.06 bits per heavy atom. The highest BCUT2D eigenvalue weighted by Gasteiger charge is 2.45. The molecule has 0 spiro atoms. The number of piperazine rings is 1. The molecule has 2 saturated heterocycles. The number of rotatable bonds is 4. The number of nitrogens with zero attached hydrogens (tertiary/aromatic N) is 4. The van der Waals surface area contributed by atoms with E-state index in [9.17, 15) is 13.2 Å². The molecule has 2 aromatic rings. The second-order valence-corrected chi connectivity index (χ2v) is 12.8. The van der Waals surface area contributed by atoms with E-state index in [0.717, 1.165) is 61.4 Å². The monoisotopic (exact) mass is 504 g/mol. The summed E-state index contributed by atoms with van der Waals surface area (Å²) in [6.45, 7) is 6.88. The lowest BCUT2D eigenvalue weighted by atomic mass is 9.77. The first kappa shape index (κ1) is 23.7. The minimum Gasteiger partial charge on any atom is -0.365 e. The average molecular weight is 505 g/mol. The van der Waals surface area contributed by atoms with Gasteiger partial charge in [0.15, 0.2) is 9.84 Å². The summed E-state index contributed by atoms with van der Waals surface area (Å²) in [6, 6.07) is 7.74. The summed E-state index contributed by atoms with van der Waals surface area (Å²) in [7, 11) is -2.97. The molecule has 2 aliphatic heterocycles. The van der Waals surface area contributed by atoms with Crippen LogP contribution in [0, 0.1) is 13.8 Å². The fraction of sp³-hybridized carbons (Fsp3) is 0.600. The van der Waals surface area contributed by atoms with E-state index in [2.05, 4.69) is 4.90 Å². The van der Waals surface area contributed by atoms with E-state index in [1.54, 1.807) is 0 Å². The highest BCUT2D eigenvalue weighted by molar-refractivity contribution is 7.91. The van der Waals surface area contributed by atoms with Crippen molar-refractivity contribution < 1.29 is 13.2 Å². The molecular formula is C25H33ClN4O3S. The van der Waals surface area contributed by atoms with E-state index in [4.69, 9.17) is 16.7 Å². The predicted molar refractivity (Wildman–Crippen MR) is 134 cm³/mol. The summed E-state index contributed by atoms with van der Waals surface area (Å²) >= 11 is 6.11. The van der Waals surface area contributed by atoms with Gasteiger partial charge in [-0.25, -0.2) is 8.42 Å². The Morgan fingerprint density at radius 3 is 2.29 bits per heavy atom. The van der Waals surface area contributed by atoms with Gasteiger partial charge in [-0.3, -0.25) is 9.48 Å². The third kappa shape index (κ3) is 4.13. The number of hydrogen-bond donors (Lipinski definition) is 0. The molecule has 184 valence electrons. The van der Waals surface area contributed by atoms with Crippen LogP contribution in [0.25, 0.3) is 0 Å². The fourth-order valence-corrected chi connectivity index (χ4v) is 8.06. The van der Waals surface area contributed by atoms with Gasteiger partial charge in [0.05, 0.1) is 40.0 Å². The summed E-state index contributed by atoms with van der Waals surface area (Å²) in [4.78, 5) is 18.2. The van der Waals surface area contributed by atoms with Crippen molar-refractivity contribution in [2.45, 2.75) is 57.4 Å². The largest absolute Gasteiger partial charge is 0.365 e. The number of carbonyl (C=O) groups excluding carboxylic acids is 1. The standard InChI is InChI=1S/C25H33ClN4O3S/c1-18-23(19(2)30(27-18)22-9-16-34(32,33)17-22)28-12-14-29(15-13-28)24(31)25(10-3-4-11-25)20-5-7-21(26)8-6-20/h5-8,22H,3-4,9-17H2,1-2H3. The van der Waals surface area contributed by atoms with Gasteiger partial charge in [-0.2, -0.15) is 5.10 Å². The maximum absolute atomic E-state index is 13.8. The number of anilines is 1. The zero-order chi connectivity index (χ0) is 24.1. The molecule has 0 N–H and O–H groups in total. The van der Waals surface area contributed by atoms with Gasteiger partial charge in [-0.05, 0) is 50.8 Å². The van der Waals surface area contributed by atoms with E-state index < -0.39 is 15.3 Å². The van der Waals surface area contributed by atoms with Crippen LogP contribution in [0.2, 0.25) is 5.02 Å². The van der Waals surface area contributed by atoms with Crippen molar-refractivity contribution in [2.75, 3.05) is 42.6 Å². The van der Waals surface area contributed by atoms with Crippen LogP contribution in [0.4, 0.5) is 5.69 Å². The third-order valence-corrected chi connectivity index (χ3v) is 9.99. The van der Waals surface area contributed by atoms with Crippen LogP contribution < -0.4 is 4.90 Å². The SMILES string of the molecule is Cc1nn(C2CCS(=O)(=O)C2)c(C)c1N1CCN(C(=O)C2(c3ccc(Cl)cc3)CCCC2)CC1. The van der Waals surface area contributed by atoms with Crippen molar-refractivity contribution in [3.63, 3.8) is 0 Å². The Balaban J connectivity index is 1.31. The van der Waals surface area contributed by atoms with E-state index in [1.165, 1.54) is 0 Å². The molecule has 3 fully saturated rings. The first-order valence-electron chi connectivity index (χ1n) is 12.3. The van der Waals surface area contributed by atoms with Gasteiger partial charge in [0.25, 0.3) is 0 Å². The van der Waals surface area contributed by atoms with Crippen molar-refractivity contribution in [3.05, 3.63) is 46.2 Å². The minimum atomic E-state index is -2.97. The van der Waals surface area contributed by atoms with Gasteiger partial charge in [0, 0.05) is 31.2 Å². The minimum absolute atomic E-state index is 0.0816. The van der Waals surface area contributed by atoms with E-state index in [1.807, 2.05) is 47.7 Å². The van der Waals surface area contributed by atoms with Gasteiger partial charge < -0.3 is 9.80 Å². The second-order valence-electron chi connectivity index (χ2n) is 10.1. The topological polar surface area (TPSA) is 75.5 Å². The maximum Gasteiger partial charge on any atom is 0.233 e. The summed E-state index contributed by atoms with van der Waals surface area (Å²) in [5.74, 6) is 0.651. The van der Waals surface area contributed by atoms with Crippen molar-refractivity contribution in [1.29, 1.82) is 0 Å². The fourth-order valence-electron chi connectivity index (χ4n) is 6.25. The van der Waals surface area contributed by atoms with Crippen LogP contribution >= 0.6 is 11.6 Å². The molecule has 1 aromatic carbocycles. The molecule has 34 heavy (non-hydrogen) atoms. The number of amides is 1. The van der Waals surface area contributed by atoms with Crippen molar-refractivity contribution in [2.24, 2.45) is 0 Å². The van der Waals surface area contributed by atoms with Crippen molar-refractivity contribution in [1.82, 2.24) is 14.7 Å². The molecule has 0 radical (unpaired) electrons. The zero-order valence-electron chi connectivity index (χ0n) is 20.0. The normalized spacial score (nSPS) is 24.0. The van der Waals surface area contributed by atoms with Crippen LogP contribution in [0.1, 0.15) is 55.1 Å². The highest BCUT2D eigenvalue weighted by atomic mass is 35.5. The Kier molecular flexibility index (Phi) is 6.17. The Bertz CT molecular complexity index is 1180. The van der Waals surface area contributed by atoms with Gasteiger partial charge in [0.1, 0.15) is 0 Å². The lowest BCUT2D eigenvalue weighted by Gasteiger charge is -2.41. The van der Waals surface area contributed by atoms with E-state index >= 15 is 0 Å². The predicted octanol–water partition coefficient (Wildman–Crippen LogP) is 3.67. The Labute approximate surface area is 207 Å². The summed E-state index contributed by atoms with van der Waals surface area (Å²) in [5.41, 5.74) is 3.69. The van der Waals surface area contributed by atoms with Crippen LogP contribution in [-0.2, 0) is 20.0 Å². The lowest BCUT2D eigenvalue weighted by Crippen LogP contribution is -2.54. The summed E-state index contributed by atoms with van der Waals surface area (Å²) in [6.07, 6.45) is 4.55. The molecular weight excluding hydrogens is 472 g/mol. The smallest absolute Gasteiger partial charge is 0.233 e. The van der Waals surface area contributed by atoms with Crippen LogP contribution in [0.15, 0.2) is 24.3 Å². The number of benzene rings is 1. The number of carbonyl (C=O) groups is 1. The number of aromatic nitrogens is 2. The van der Waals surface area contributed by atoms with E-state index in [0.29, 0.717) is 24.5 Å². The molecule has 5 rings (SSSR count). The molecule has 3 heterocycles. The van der Waals surface area contributed by atoms with Crippen molar-refractivity contribution >= 4 is 33.0 Å². The van der Waals surface area contributed by atoms with E-state index in [-0.39, 0.29) is 23.5 Å². The highest BCUT2D eigenvalue weighted by Crippen LogP contribution is 2.43. The maximum atomic E-state index is 13.8. The number of aryl methyl sites for hydroxylation is 1. The molecule has 3 aliphatic rings. The van der Waals surface area contributed by atoms with Gasteiger partial charge in [-0.15, -0.1) is 0 Å². The van der Waals surface area contributed by atoms with Crippen molar-refractivity contribution in [3.8, 4) is 0 Å². The molecule has 0 bridgehead atoms. The molecule has 1 atom stereocenters. The number of sulfone groups is 1. The molecule has 9 heteroatoms. The van der Waals surface area contributed by atoms with Crippen LogP contribution in [-0.4, -0.2) is 66.7 Å². The molecule has 1 unspecified atom stereocenters. The first-order valence-corrected chi connectivity index (χ1v) is 14.5. The molecule has 1 amide bonds. The average Bonchev–Trinajstić information content (AvgIpc) is 3.52. The van der Waals surface area contributed by atoms with Gasteiger partial charge in [-0.1, -0.05) is 36.6 Å². The van der Waals surface area contributed by atoms with Gasteiger partial charge in [0.2, 0.25) is 5.91 Å². The zero-order valence-corrected chi connectivity index (χ0v) is 21.5. The Hall–Kier alpha value is -2.06. The second kappa shape index (κ2) is 8.86. The lowest BCUT2D eigenvalue weighted by molar-refractivity contribution is -0.137. The van der Waals surface area contributed by atoms with Crippen LogP contribution in [0.5, 0.6) is 0 Å². The number of halogens is 1. The Morgan fingerprint density at radius 2 is 1.71 bits per heavy atom. The van der Waals surface area contributed by atoms with Crippen LogP contribution in [0.3, 0.4) is 0 Å². The molecule has 1 saturated carbocycles.